The van der Waals surface area contributed by atoms with Gasteiger partial charge in [0.25, 0.3) is 5.91 Å². The number of carbonyl (C=O) groups excluding carboxylic acids is 4. The fraction of sp³-hybridized carbons (Fsp3) is 0.478. The van der Waals surface area contributed by atoms with Crippen molar-refractivity contribution in [1.82, 2.24) is 20.9 Å². The monoisotopic (exact) mass is 473 g/mol. The number of fused-ring (bicyclic) bond motifs is 1. The second kappa shape index (κ2) is 9.82. The van der Waals surface area contributed by atoms with Crippen molar-refractivity contribution in [2.75, 3.05) is 6.54 Å². The minimum Gasteiger partial charge on any atom is -0.368 e. The van der Waals surface area contributed by atoms with Gasteiger partial charge in [-0.25, -0.2) is 0 Å². The second-order valence-electron chi connectivity index (χ2n) is 8.95. The first kappa shape index (κ1) is 23.1. The summed E-state index contributed by atoms with van der Waals surface area (Å²) in [4.78, 5) is 53.1. The Balaban J connectivity index is 1.44. The van der Waals surface area contributed by atoms with E-state index in [1.165, 1.54) is 0 Å². The lowest BCUT2D eigenvalue weighted by molar-refractivity contribution is -0.131. The quantitative estimate of drug-likeness (QED) is 0.376. The van der Waals surface area contributed by atoms with E-state index in [-0.39, 0.29) is 18.2 Å². The number of rotatable bonds is 9. The molecule has 1 saturated heterocycles. The number of nitrogens with one attached hydrogen (secondary N) is 4. The predicted octanol–water partition coefficient (Wildman–Crippen LogP) is 1.61. The zero-order valence-electron chi connectivity index (χ0n) is 18.2. The van der Waals surface area contributed by atoms with Crippen molar-refractivity contribution in [1.29, 1.82) is 0 Å². The number of hydrogen-bond acceptors (Lipinski definition) is 4. The Kier molecular flexibility index (Phi) is 6.88. The number of piperidine rings is 1. The fourth-order valence-corrected chi connectivity index (χ4v) is 4.41. The molecule has 6 N–H and O–H groups in total. The van der Waals surface area contributed by atoms with Crippen molar-refractivity contribution in [2.24, 2.45) is 17.6 Å². The average molecular weight is 474 g/mol. The van der Waals surface area contributed by atoms with Gasteiger partial charge in [0.05, 0.1) is 0 Å². The minimum absolute atomic E-state index is 0.136. The summed E-state index contributed by atoms with van der Waals surface area (Å²) in [6.45, 7) is 0.610. The van der Waals surface area contributed by atoms with Crippen LogP contribution in [-0.4, -0.2) is 47.2 Å². The first-order valence-electron chi connectivity index (χ1n) is 11.3. The normalized spacial score (nSPS) is 20.0. The van der Waals surface area contributed by atoms with Crippen molar-refractivity contribution in [3.05, 3.63) is 35.0 Å². The molecule has 1 aromatic carbocycles. The van der Waals surface area contributed by atoms with E-state index < -0.39 is 29.8 Å². The highest BCUT2D eigenvalue weighted by Crippen LogP contribution is 2.33. The molecule has 2 aromatic rings. The van der Waals surface area contributed by atoms with Crippen LogP contribution >= 0.6 is 11.6 Å². The fourth-order valence-electron chi connectivity index (χ4n) is 4.24. The van der Waals surface area contributed by atoms with Gasteiger partial charge in [-0.2, -0.15) is 0 Å². The third kappa shape index (κ3) is 5.84. The second-order valence-corrected chi connectivity index (χ2v) is 9.39. The van der Waals surface area contributed by atoms with Gasteiger partial charge in [-0.05, 0) is 49.8 Å². The Hall–Kier alpha value is -3.07. The highest BCUT2D eigenvalue weighted by Gasteiger charge is 2.34. The van der Waals surface area contributed by atoms with Gasteiger partial charge in [-0.1, -0.05) is 30.5 Å². The number of H-pyrrole nitrogens is 1. The lowest BCUT2D eigenvalue weighted by atomic mass is 9.91. The van der Waals surface area contributed by atoms with Crippen LogP contribution in [0.1, 0.15) is 49.0 Å². The highest BCUT2D eigenvalue weighted by atomic mass is 35.5. The molecule has 1 aliphatic carbocycles. The van der Waals surface area contributed by atoms with Gasteiger partial charge in [0, 0.05) is 28.4 Å². The van der Waals surface area contributed by atoms with Crippen LogP contribution in [0.2, 0.25) is 5.02 Å². The van der Waals surface area contributed by atoms with E-state index >= 15 is 0 Å². The topological polar surface area (TPSA) is 146 Å². The number of nitrogens with two attached hydrogens (primary N) is 1. The zero-order chi connectivity index (χ0) is 23.5. The molecule has 2 heterocycles. The lowest BCUT2D eigenvalue weighted by Crippen LogP contribution is -2.54. The molecule has 4 amide bonds. The Labute approximate surface area is 196 Å². The van der Waals surface area contributed by atoms with Gasteiger partial charge in [0.2, 0.25) is 17.7 Å². The number of amides is 4. The van der Waals surface area contributed by atoms with E-state index in [2.05, 4.69) is 20.9 Å². The van der Waals surface area contributed by atoms with Gasteiger partial charge in [-0.3, -0.25) is 19.2 Å². The van der Waals surface area contributed by atoms with Gasteiger partial charge >= 0.3 is 0 Å². The first-order chi connectivity index (χ1) is 15.8. The Morgan fingerprint density at radius 3 is 2.58 bits per heavy atom. The van der Waals surface area contributed by atoms with Crippen LogP contribution in [0.5, 0.6) is 0 Å². The van der Waals surface area contributed by atoms with Gasteiger partial charge in [-0.15, -0.1) is 0 Å². The maximum Gasteiger partial charge on any atom is 0.268 e. The summed E-state index contributed by atoms with van der Waals surface area (Å²) >= 11 is 6.01. The van der Waals surface area contributed by atoms with E-state index in [1.54, 1.807) is 24.3 Å². The average Bonchev–Trinajstić information content (AvgIpc) is 3.49. The van der Waals surface area contributed by atoms with Gasteiger partial charge < -0.3 is 26.7 Å². The highest BCUT2D eigenvalue weighted by molar-refractivity contribution is 6.31. The predicted molar refractivity (Wildman–Crippen MR) is 123 cm³/mol. The van der Waals surface area contributed by atoms with Gasteiger partial charge in [0.1, 0.15) is 17.8 Å². The Morgan fingerprint density at radius 1 is 1.09 bits per heavy atom. The van der Waals surface area contributed by atoms with E-state index in [0.29, 0.717) is 36.0 Å². The van der Waals surface area contributed by atoms with Crippen molar-refractivity contribution < 1.29 is 19.2 Å². The molecule has 4 rings (SSSR count). The maximum absolute atomic E-state index is 13.1. The summed E-state index contributed by atoms with van der Waals surface area (Å²) in [7, 11) is 0. The molecule has 1 aromatic heterocycles. The molecule has 33 heavy (non-hydrogen) atoms. The summed E-state index contributed by atoms with van der Waals surface area (Å²) in [5, 5.41) is 9.61. The molecule has 2 unspecified atom stereocenters. The van der Waals surface area contributed by atoms with Crippen molar-refractivity contribution in [2.45, 2.75) is 50.6 Å². The molecule has 0 bridgehead atoms. The number of halogens is 1. The SMILES string of the molecule is NC(=O)C(C[C@@H]1CCCNC1=O)NC(=O)C(CC1CC1)NC(=O)c1cc2ccc(Cl)cc2[nH]1. The van der Waals surface area contributed by atoms with Crippen LogP contribution in [0, 0.1) is 11.8 Å². The van der Waals surface area contributed by atoms with Crippen LogP contribution in [0.4, 0.5) is 0 Å². The molecule has 3 atom stereocenters. The maximum atomic E-state index is 13.1. The summed E-state index contributed by atoms with van der Waals surface area (Å²) in [6, 6.07) is 5.15. The Morgan fingerprint density at radius 2 is 1.88 bits per heavy atom. The third-order valence-corrected chi connectivity index (χ3v) is 6.53. The van der Waals surface area contributed by atoms with E-state index in [0.717, 1.165) is 30.2 Å². The van der Waals surface area contributed by atoms with E-state index in [4.69, 9.17) is 17.3 Å². The number of benzene rings is 1. The molecular formula is C23H28ClN5O4. The van der Waals surface area contributed by atoms with E-state index in [1.807, 2.05) is 0 Å². The van der Waals surface area contributed by atoms with Crippen LogP contribution in [0.3, 0.4) is 0 Å². The molecule has 1 aliphatic heterocycles. The van der Waals surface area contributed by atoms with Crippen LogP contribution in [-0.2, 0) is 14.4 Å². The Bertz CT molecular complexity index is 1080. The lowest BCUT2D eigenvalue weighted by Gasteiger charge is -2.27. The van der Waals surface area contributed by atoms with Crippen LogP contribution in [0.15, 0.2) is 24.3 Å². The van der Waals surface area contributed by atoms with Crippen molar-refractivity contribution in [3.8, 4) is 0 Å². The molecule has 176 valence electrons. The van der Waals surface area contributed by atoms with E-state index in [9.17, 15) is 19.2 Å². The number of primary amides is 1. The number of aromatic amines is 1. The van der Waals surface area contributed by atoms with Crippen LogP contribution < -0.4 is 21.7 Å². The molecule has 9 nitrogen and oxygen atoms in total. The van der Waals surface area contributed by atoms with Gasteiger partial charge in [0.15, 0.2) is 0 Å². The molecule has 0 spiro atoms. The summed E-state index contributed by atoms with van der Waals surface area (Å²) in [5.41, 5.74) is 6.55. The third-order valence-electron chi connectivity index (χ3n) is 6.30. The van der Waals surface area contributed by atoms with Crippen LogP contribution in [0.25, 0.3) is 10.9 Å². The molecular weight excluding hydrogens is 446 g/mol. The molecule has 10 heteroatoms. The zero-order valence-corrected chi connectivity index (χ0v) is 18.9. The molecule has 2 fully saturated rings. The number of aromatic nitrogens is 1. The molecule has 2 aliphatic rings. The smallest absolute Gasteiger partial charge is 0.268 e. The largest absolute Gasteiger partial charge is 0.368 e. The first-order valence-corrected chi connectivity index (χ1v) is 11.6. The van der Waals surface area contributed by atoms with Crippen molar-refractivity contribution >= 4 is 46.1 Å². The summed E-state index contributed by atoms with van der Waals surface area (Å²) < 4.78 is 0. The van der Waals surface area contributed by atoms with Crippen molar-refractivity contribution in [3.63, 3.8) is 0 Å². The summed E-state index contributed by atoms with van der Waals surface area (Å²) in [5.74, 6) is -1.78. The molecule has 1 saturated carbocycles. The summed E-state index contributed by atoms with van der Waals surface area (Å²) in [6.07, 6.45) is 4.04. The number of hydrogen-bond donors (Lipinski definition) is 5. The molecule has 0 radical (unpaired) electrons. The minimum atomic E-state index is -0.986. The standard InChI is InChI=1S/C23H28ClN5O4/c24-15-6-5-13-9-19(27-16(13)11-15)23(33)29-18(8-12-3-4-12)22(32)28-17(20(25)30)10-14-2-1-7-26-21(14)31/h5-6,9,11-12,14,17-18,27H,1-4,7-8,10H2,(H2,25,30)(H,26,31)(H,28,32)(H,29,33)/t14-,17?,18?/m0/s1. The number of carbonyl (C=O) groups is 4.